The Labute approximate surface area is 120 Å². The van der Waals surface area contributed by atoms with Crippen LogP contribution in [0.1, 0.15) is 22.0 Å². The number of amides is 1. The monoisotopic (exact) mass is 284 g/mol. The van der Waals surface area contributed by atoms with Gasteiger partial charge in [-0.15, -0.1) is 0 Å². The summed E-state index contributed by atoms with van der Waals surface area (Å²) in [5.41, 5.74) is 0.827. The fraction of sp³-hybridized carbons (Fsp3) is 0.0667. The molecule has 0 heterocycles. The molecule has 1 unspecified atom stereocenters. The highest BCUT2D eigenvalue weighted by atomic mass is 16.6. The summed E-state index contributed by atoms with van der Waals surface area (Å²) in [6.45, 7) is 0. The second-order valence-electron chi connectivity index (χ2n) is 4.30. The molecule has 1 N–H and O–H groups in total. The minimum Gasteiger partial charge on any atom is -0.338 e. The molecule has 0 bridgehead atoms. The zero-order valence-electron chi connectivity index (χ0n) is 10.9. The number of benzene rings is 2. The predicted molar refractivity (Wildman–Crippen MR) is 75.8 cm³/mol. The van der Waals surface area contributed by atoms with E-state index in [0.29, 0.717) is 11.8 Å². The molecule has 106 valence electrons. The van der Waals surface area contributed by atoms with Crippen molar-refractivity contribution in [2.75, 3.05) is 0 Å². The summed E-state index contributed by atoms with van der Waals surface area (Å²) in [5.74, 6) is -0.467. The first-order valence-electron chi connectivity index (χ1n) is 6.17. The average molecular weight is 284 g/mol. The van der Waals surface area contributed by atoms with Crippen molar-refractivity contribution >= 4 is 17.9 Å². The topological polar surface area (TPSA) is 89.3 Å². The van der Waals surface area contributed by atoms with Crippen molar-refractivity contribution in [2.45, 2.75) is 6.04 Å². The van der Waals surface area contributed by atoms with E-state index in [1.807, 2.05) is 6.07 Å². The third-order valence-electron chi connectivity index (χ3n) is 2.92. The SMILES string of the molecule is O=CC(NC(=O)c1ccc([N+](=O)[O-])cc1)c1ccccc1. The zero-order chi connectivity index (χ0) is 15.2. The van der Waals surface area contributed by atoms with Gasteiger partial charge in [-0.2, -0.15) is 0 Å². The van der Waals surface area contributed by atoms with Crippen molar-refractivity contribution in [1.29, 1.82) is 0 Å². The fourth-order valence-corrected chi connectivity index (χ4v) is 1.82. The van der Waals surface area contributed by atoms with Crippen LogP contribution in [-0.2, 0) is 4.79 Å². The minimum absolute atomic E-state index is 0.0958. The van der Waals surface area contributed by atoms with E-state index in [-0.39, 0.29) is 11.3 Å². The standard InChI is InChI=1S/C15H12N2O4/c18-10-14(11-4-2-1-3-5-11)16-15(19)12-6-8-13(9-7-12)17(20)21/h1-10,14H,(H,16,19). The number of non-ortho nitro benzene ring substituents is 1. The van der Waals surface area contributed by atoms with Crippen molar-refractivity contribution in [3.63, 3.8) is 0 Å². The van der Waals surface area contributed by atoms with Crippen LogP contribution in [0.25, 0.3) is 0 Å². The molecule has 0 aliphatic heterocycles. The molecule has 2 aromatic carbocycles. The highest BCUT2D eigenvalue weighted by Crippen LogP contribution is 2.14. The van der Waals surface area contributed by atoms with Gasteiger partial charge in [-0.05, 0) is 17.7 Å². The second-order valence-corrected chi connectivity index (χ2v) is 4.30. The number of carbonyl (C=O) groups excluding carboxylic acids is 2. The largest absolute Gasteiger partial charge is 0.338 e. The molecule has 6 heteroatoms. The van der Waals surface area contributed by atoms with E-state index in [1.165, 1.54) is 24.3 Å². The Morgan fingerprint density at radius 2 is 1.71 bits per heavy atom. The first-order chi connectivity index (χ1) is 10.1. The van der Waals surface area contributed by atoms with Crippen LogP contribution < -0.4 is 5.32 Å². The summed E-state index contributed by atoms with van der Waals surface area (Å²) in [7, 11) is 0. The highest BCUT2D eigenvalue weighted by Gasteiger charge is 2.15. The van der Waals surface area contributed by atoms with Crippen LogP contribution in [-0.4, -0.2) is 17.1 Å². The molecular weight excluding hydrogens is 272 g/mol. The van der Waals surface area contributed by atoms with Crippen LogP contribution in [0, 0.1) is 10.1 Å². The van der Waals surface area contributed by atoms with Gasteiger partial charge in [0.15, 0.2) is 0 Å². The molecule has 1 amide bonds. The van der Waals surface area contributed by atoms with Crippen LogP contribution in [0.5, 0.6) is 0 Å². The van der Waals surface area contributed by atoms with Crippen LogP contribution in [0.3, 0.4) is 0 Å². The lowest BCUT2D eigenvalue weighted by Crippen LogP contribution is -2.29. The molecule has 0 saturated heterocycles. The summed E-state index contributed by atoms with van der Waals surface area (Å²) >= 11 is 0. The number of aldehydes is 1. The summed E-state index contributed by atoms with van der Waals surface area (Å²) < 4.78 is 0. The Morgan fingerprint density at radius 1 is 1.10 bits per heavy atom. The normalized spacial score (nSPS) is 11.4. The average Bonchev–Trinajstić information content (AvgIpc) is 2.53. The molecule has 0 aliphatic carbocycles. The lowest BCUT2D eigenvalue weighted by Gasteiger charge is -2.13. The lowest BCUT2D eigenvalue weighted by atomic mass is 10.1. The number of hydrogen-bond donors (Lipinski definition) is 1. The van der Waals surface area contributed by atoms with Crippen molar-refractivity contribution in [2.24, 2.45) is 0 Å². The Hall–Kier alpha value is -3.02. The van der Waals surface area contributed by atoms with Gasteiger partial charge < -0.3 is 10.1 Å². The molecule has 2 aromatic rings. The second kappa shape index (κ2) is 6.42. The summed E-state index contributed by atoms with van der Waals surface area (Å²) in [6.07, 6.45) is 0.638. The zero-order valence-corrected chi connectivity index (χ0v) is 10.9. The quantitative estimate of drug-likeness (QED) is 0.518. The minimum atomic E-state index is -0.756. The molecule has 0 spiro atoms. The third kappa shape index (κ3) is 3.50. The Balaban J connectivity index is 2.13. The molecule has 0 saturated carbocycles. The van der Waals surface area contributed by atoms with Gasteiger partial charge in [-0.1, -0.05) is 30.3 Å². The van der Waals surface area contributed by atoms with Gasteiger partial charge in [0.1, 0.15) is 12.3 Å². The molecule has 2 rings (SSSR count). The van der Waals surface area contributed by atoms with Gasteiger partial charge in [-0.3, -0.25) is 14.9 Å². The summed E-state index contributed by atoms with van der Waals surface area (Å²) in [5, 5.41) is 13.1. The number of nitro benzene ring substituents is 1. The first kappa shape index (κ1) is 14.4. The van der Waals surface area contributed by atoms with Gasteiger partial charge >= 0.3 is 0 Å². The number of nitro groups is 1. The maximum atomic E-state index is 12.0. The number of hydrogen-bond acceptors (Lipinski definition) is 4. The van der Waals surface area contributed by atoms with Gasteiger partial charge in [0.2, 0.25) is 0 Å². The summed E-state index contributed by atoms with van der Waals surface area (Å²) in [4.78, 5) is 33.1. The fourth-order valence-electron chi connectivity index (χ4n) is 1.82. The highest BCUT2D eigenvalue weighted by molar-refractivity contribution is 5.96. The van der Waals surface area contributed by atoms with E-state index >= 15 is 0 Å². The van der Waals surface area contributed by atoms with Crippen molar-refractivity contribution < 1.29 is 14.5 Å². The number of nitrogens with one attached hydrogen (secondary N) is 1. The van der Waals surface area contributed by atoms with E-state index in [0.717, 1.165) is 0 Å². The smallest absolute Gasteiger partial charge is 0.269 e. The van der Waals surface area contributed by atoms with Gasteiger partial charge in [-0.25, -0.2) is 0 Å². The van der Waals surface area contributed by atoms with E-state index in [9.17, 15) is 19.7 Å². The van der Waals surface area contributed by atoms with Crippen LogP contribution in [0.2, 0.25) is 0 Å². The van der Waals surface area contributed by atoms with E-state index in [1.54, 1.807) is 24.3 Å². The molecule has 1 atom stereocenters. The summed E-state index contributed by atoms with van der Waals surface area (Å²) in [6, 6.07) is 13.2. The lowest BCUT2D eigenvalue weighted by molar-refractivity contribution is -0.384. The van der Waals surface area contributed by atoms with E-state index in [4.69, 9.17) is 0 Å². The van der Waals surface area contributed by atoms with Crippen molar-refractivity contribution in [1.82, 2.24) is 5.32 Å². The maximum Gasteiger partial charge on any atom is 0.269 e. The van der Waals surface area contributed by atoms with Crippen LogP contribution >= 0.6 is 0 Å². The maximum absolute atomic E-state index is 12.0. The molecule has 0 aromatic heterocycles. The van der Waals surface area contributed by atoms with Gasteiger partial charge in [0.25, 0.3) is 11.6 Å². The van der Waals surface area contributed by atoms with Crippen molar-refractivity contribution in [3.8, 4) is 0 Å². The molecule has 21 heavy (non-hydrogen) atoms. The van der Waals surface area contributed by atoms with Gasteiger partial charge in [0.05, 0.1) is 4.92 Å². The molecule has 0 fully saturated rings. The Morgan fingerprint density at radius 3 is 2.24 bits per heavy atom. The number of rotatable bonds is 5. The first-order valence-corrected chi connectivity index (χ1v) is 6.17. The molecule has 0 radical (unpaired) electrons. The number of nitrogens with zero attached hydrogens (tertiary/aromatic N) is 1. The van der Waals surface area contributed by atoms with E-state index < -0.39 is 16.9 Å². The van der Waals surface area contributed by atoms with Crippen LogP contribution in [0.15, 0.2) is 54.6 Å². The number of carbonyl (C=O) groups is 2. The molecule has 6 nitrogen and oxygen atoms in total. The van der Waals surface area contributed by atoms with Crippen LogP contribution in [0.4, 0.5) is 5.69 Å². The molecular formula is C15H12N2O4. The predicted octanol–water partition coefficient (Wildman–Crippen LogP) is 2.26. The molecule has 0 aliphatic rings. The van der Waals surface area contributed by atoms with Crippen molar-refractivity contribution in [3.05, 3.63) is 75.8 Å². The Kier molecular flexibility index (Phi) is 4.40. The third-order valence-corrected chi connectivity index (χ3v) is 2.92. The Bertz CT molecular complexity index is 653. The van der Waals surface area contributed by atoms with Gasteiger partial charge in [0, 0.05) is 17.7 Å². The van der Waals surface area contributed by atoms with E-state index in [2.05, 4.69) is 5.32 Å².